The molecular formula is C15H23ClN2O. The van der Waals surface area contributed by atoms with Crippen LogP contribution in [-0.4, -0.2) is 23.9 Å². The molecule has 1 aromatic rings. The first-order valence-corrected chi connectivity index (χ1v) is 7.32. The minimum absolute atomic E-state index is 0.0509. The monoisotopic (exact) mass is 282 g/mol. The van der Waals surface area contributed by atoms with E-state index in [1.807, 2.05) is 4.90 Å². The Labute approximate surface area is 120 Å². The summed E-state index contributed by atoms with van der Waals surface area (Å²) in [6.45, 7) is 5.76. The maximum Gasteiger partial charge on any atom is 0.257 e. The second-order valence-electron chi connectivity index (χ2n) is 4.70. The average Bonchev–Trinajstić information content (AvgIpc) is 2.38. The van der Waals surface area contributed by atoms with E-state index in [2.05, 4.69) is 13.8 Å². The highest BCUT2D eigenvalue weighted by Crippen LogP contribution is 2.24. The van der Waals surface area contributed by atoms with Gasteiger partial charge in [-0.25, -0.2) is 0 Å². The first-order valence-electron chi connectivity index (χ1n) is 6.95. The maximum atomic E-state index is 12.6. The molecule has 4 heteroatoms. The van der Waals surface area contributed by atoms with Crippen molar-refractivity contribution in [1.29, 1.82) is 0 Å². The fourth-order valence-electron chi connectivity index (χ4n) is 1.94. The van der Waals surface area contributed by atoms with E-state index >= 15 is 0 Å². The number of nitrogens with zero attached hydrogens (tertiary/aromatic N) is 1. The van der Waals surface area contributed by atoms with E-state index in [1.165, 1.54) is 0 Å². The van der Waals surface area contributed by atoms with Crippen LogP contribution in [0.5, 0.6) is 0 Å². The molecule has 0 saturated heterocycles. The van der Waals surface area contributed by atoms with Gasteiger partial charge in [-0.3, -0.25) is 4.79 Å². The van der Waals surface area contributed by atoms with E-state index in [0.717, 1.165) is 38.8 Å². The molecule has 0 aromatic heterocycles. The molecule has 0 aliphatic heterocycles. The minimum Gasteiger partial charge on any atom is -0.398 e. The molecule has 3 nitrogen and oxygen atoms in total. The highest BCUT2D eigenvalue weighted by Gasteiger charge is 2.19. The second kappa shape index (κ2) is 8.05. The van der Waals surface area contributed by atoms with Crippen molar-refractivity contribution in [2.75, 3.05) is 18.8 Å². The Kier molecular flexibility index (Phi) is 6.71. The van der Waals surface area contributed by atoms with Crippen LogP contribution < -0.4 is 5.73 Å². The van der Waals surface area contributed by atoms with E-state index in [-0.39, 0.29) is 5.91 Å². The third kappa shape index (κ3) is 4.43. The van der Waals surface area contributed by atoms with E-state index in [1.54, 1.807) is 18.2 Å². The number of anilines is 1. The summed E-state index contributed by atoms with van der Waals surface area (Å²) in [5, 5.41) is 0.433. The summed E-state index contributed by atoms with van der Waals surface area (Å²) < 4.78 is 0. The van der Waals surface area contributed by atoms with Gasteiger partial charge in [-0.15, -0.1) is 0 Å². The Bertz CT molecular complexity index is 392. The smallest absolute Gasteiger partial charge is 0.257 e. The number of unbranched alkanes of at least 4 members (excludes halogenated alkanes) is 2. The van der Waals surface area contributed by atoms with Gasteiger partial charge < -0.3 is 10.6 Å². The van der Waals surface area contributed by atoms with Crippen LogP contribution in [0.2, 0.25) is 5.02 Å². The molecule has 0 atom stereocenters. The van der Waals surface area contributed by atoms with Crippen LogP contribution in [0.25, 0.3) is 0 Å². The lowest BCUT2D eigenvalue weighted by atomic mass is 10.1. The Morgan fingerprint density at radius 2 is 1.79 bits per heavy atom. The Balaban J connectivity index is 2.91. The standard InChI is InChI=1S/C15H23ClN2O/c1-3-5-10-18(11-6-4-2)15(19)14-12(16)8-7-9-13(14)17/h7-9H,3-6,10-11,17H2,1-2H3. The first kappa shape index (κ1) is 15.8. The third-order valence-corrected chi connectivity index (χ3v) is 3.43. The van der Waals surface area contributed by atoms with Crippen molar-refractivity contribution in [3.05, 3.63) is 28.8 Å². The molecule has 1 rings (SSSR count). The lowest BCUT2D eigenvalue weighted by Gasteiger charge is -2.23. The normalized spacial score (nSPS) is 10.5. The molecule has 1 amide bonds. The number of nitrogen functional groups attached to an aromatic ring is 1. The molecule has 106 valence electrons. The number of hydrogen-bond acceptors (Lipinski definition) is 2. The summed E-state index contributed by atoms with van der Waals surface area (Å²) in [5.41, 5.74) is 6.78. The number of rotatable bonds is 7. The zero-order valence-electron chi connectivity index (χ0n) is 11.8. The van der Waals surface area contributed by atoms with Crippen LogP contribution in [0.4, 0.5) is 5.69 Å². The van der Waals surface area contributed by atoms with Crippen LogP contribution in [0.3, 0.4) is 0 Å². The number of carbonyl (C=O) groups excluding carboxylic acids is 1. The maximum absolute atomic E-state index is 12.6. The lowest BCUT2D eigenvalue weighted by molar-refractivity contribution is 0.0752. The number of amides is 1. The first-order chi connectivity index (χ1) is 9.11. The van der Waals surface area contributed by atoms with Crippen molar-refractivity contribution in [1.82, 2.24) is 4.90 Å². The summed E-state index contributed by atoms with van der Waals surface area (Å²) in [7, 11) is 0. The number of hydrogen-bond donors (Lipinski definition) is 1. The van der Waals surface area contributed by atoms with Gasteiger partial charge >= 0.3 is 0 Å². The Morgan fingerprint density at radius 3 is 2.26 bits per heavy atom. The van der Waals surface area contributed by atoms with Gasteiger partial charge in [0, 0.05) is 18.8 Å². The molecule has 0 heterocycles. The molecule has 1 aromatic carbocycles. The van der Waals surface area contributed by atoms with Gasteiger partial charge in [0.15, 0.2) is 0 Å². The van der Waals surface area contributed by atoms with Crippen LogP contribution in [0.15, 0.2) is 18.2 Å². The average molecular weight is 283 g/mol. The fraction of sp³-hybridized carbons (Fsp3) is 0.533. The highest BCUT2D eigenvalue weighted by atomic mass is 35.5. The van der Waals surface area contributed by atoms with Crippen LogP contribution >= 0.6 is 11.6 Å². The van der Waals surface area contributed by atoms with Crippen molar-refractivity contribution < 1.29 is 4.79 Å². The molecule has 0 aliphatic rings. The molecule has 0 unspecified atom stereocenters. The zero-order valence-corrected chi connectivity index (χ0v) is 12.5. The van der Waals surface area contributed by atoms with Gasteiger partial charge in [0.05, 0.1) is 10.6 Å². The highest BCUT2D eigenvalue weighted by molar-refractivity contribution is 6.34. The van der Waals surface area contributed by atoms with Crippen molar-refractivity contribution in [3.8, 4) is 0 Å². The third-order valence-electron chi connectivity index (χ3n) is 3.11. The van der Waals surface area contributed by atoms with Crippen molar-refractivity contribution >= 4 is 23.2 Å². The van der Waals surface area contributed by atoms with Gasteiger partial charge in [0.2, 0.25) is 0 Å². The van der Waals surface area contributed by atoms with E-state index < -0.39 is 0 Å². The number of carbonyl (C=O) groups is 1. The van der Waals surface area contributed by atoms with E-state index in [0.29, 0.717) is 16.3 Å². The van der Waals surface area contributed by atoms with Gasteiger partial charge in [0.1, 0.15) is 0 Å². The summed E-state index contributed by atoms with van der Waals surface area (Å²) in [6, 6.07) is 5.19. The van der Waals surface area contributed by atoms with Gasteiger partial charge in [-0.1, -0.05) is 44.4 Å². The fourth-order valence-corrected chi connectivity index (χ4v) is 2.20. The molecule has 0 radical (unpaired) electrons. The predicted octanol–water partition coefficient (Wildman–Crippen LogP) is 3.96. The quantitative estimate of drug-likeness (QED) is 0.769. The second-order valence-corrected chi connectivity index (χ2v) is 5.11. The molecule has 0 spiro atoms. The summed E-state index contributed by atoms with van der Waals surface area (Å²) in [5.74, 6) is -0.0509. The number of nitrogens with two attached hydrogens (primary N) is 1. The predicted molar refractivity (Wildman–Crippen MR) is 81.6 cm³/mol. The van der Waals surface area contributed by atoms with E-state index in [9.17, 15) is 4.79 Å². The largest absolute Gasteiger partial charge is 0.398 e. The van der Waals surface area contributed by atoms with Crippen molar-refractivity contribution in [2.45, 2.75) is 39.5 Å². The molecule has 0 aliphatic carbocycles. The van der Waals surface area contributed by atoms with Gasteiger partial charge in [-0.2, -0.15) is 0 Å². The lowest BCUT2D eigenvalue weighted by Crippen LogP contribution is -2.33. The Hall–Kier alpha value is -1.22. The molecular weight excluding hydrogens is 260 g/mol. The number of benzene rings is 1. The summed E-state index contributed by atoms with van der Waals surface area (Å²) >= 11 is 6.11. The molecule has 0 saturated carbocycles. The topological polar surface area (TPSA) is 46.3 Å². The molecule has 0 bridgehead atoms. The van der Waals surface area contributed by atoms with Gasteiger partial charge in [0.25, 0.3) is 5.91 Å². The minimum atomic E-state index is -0.0509. The van der Waals surface area contributed by atoms with Crippen molar-refractivity contribution in [3.63, 3.8) is 0 Å². The molecule has 0 fully saturated rings. The summed E-state index contributed by atoms with van der Waals surface area (Å²) in [4.78, 5) is 14.4. The zero-order chi connectivity index (χ0) is 14.3. The molecule has 2 N–H and O–H groups in total. The summed E-state index contributed by atoms with van der Waals surface area (Å²) in [6.07, 6.45) is 4.13. The Morgan fingerprint density at radius 1 is 1.21 bits per heavy atom. The van der Waals surface area contributed by atoms with Gasteiger partial charge in [-0.05, 0) is 25.0 Å². The SMILES string of the molecule is CCCCN(CCCC)C(=O)c1c(N)cccc1Cl. The van der Waals surface area contributed by atoms with Crippen LogP contribution in [-0.2, 0) is 0 Å². The van der Waals surface area contributed by atoms with Crippen LogP contribution in [0.1, 0.15) is 49.9 Å². The van der Waals surface area contributed by atoms with Crippen molar-refractivity contribution in [2.24, 2.45) is 0 Å². The van der Waals surface area contributed by atoms with Crippen LogP contribution in [0, 0.1) is 0 Å². The molecule has 19 heavy (non-hydrogen) atoms. The van der Waals surface area contributed by atoms with E-state index in [4.69, 9.17) is 17.3 Å². The number of halogens is 1.